The van der Waals surface area contributed by atoms with E-state index in [1.807, 2.05) is 24.3 Å². The highest BCUT2D eigenvalue weighted by Gasteiger charge is 2.17. The summed E-state index contributed by atoms with van der Waals surface area (Å²) in [4.78, 5) is 12.6. The lowest BCUT2D eigenvalue weighted by molar-refractivity contribution is 0.0820. The summed E-state index contributed by atoms with van der Waals surface area (Å²) >= 11 is 0. The number of rotatable bonds is 7. The van der Waals surface area contributed by atoms with Crippen LogP contribution in [0.1, 0.15) is 22.2 Å². The normalized spacial score (nSPS) is 11.9. The summed E-state index contributed by atoms with van der Waals surface area (Å²) in [6.07, 6.45) is -0.316. The first kappa shape index (κ1) is 19.6. The van der Waals surface area contributed by atoms with Crippen molar-refractivity contribution in [2.75, 3.05) is 20.8 Å². The molecule has 1 N–H and O–H groups in total. The fraction of sp³-hybridized carbons (Fsp3) is 0.238. The lowest BCUT2D eigenvalue weighted by Crippen LogP contribution is -2.30. The smallest absolute Gasteiger partial charge is 0.269 e. The van der Waals surface area contributed by atoms with Crippen LogP contribution in [0.5, 0.6) is 5.75 Å². The molecule has 0 radical (unpaired) electrons. The van der Waals surface area contributed by atoms with Gasteiger partial charge in [0, 0.05) is 26.3 Å². The molecule has 0 saturated carbocycles. The lowest BCUT2D eigenvalue weighted by Gasteiger charge is -2.17. The number of nitrogens with zero attached hydrogens (tertiary/aromatic N) is 2. The Kier molecular flexibility index (Phi) is 6.06. The molecule has 1 amide bonds. The van der Waals surface area contributed by atoms with Crippen molar-refractivity contribution in [3.05, 3.63) is 71.7 Å². The highest BCUT2D eigenvalue weighted by Crippen LogP contribution is 2.22. The monoisotopic (exact) mass is 383 g/mol. The van der Waals surface area contributed by atoms with Gasteiger partial charge in [-0.3, -0.25) is 9.48 Å². The predicted molar refractivity (Wildman–Crippen MR) is 104 cm³/mol. The summed E-state index contributed by atoms with van der Waals surface area (Å²) in [5.41, 5.74) is 2.64. The van der Waals surface area contributed by atoms with Gasteiger partial charge in [-0.2, -0.15) is 5.10 Å². The van der Waals surface area contributed by atoms with E-state index >= 15 is 0 Å². The fourth-order valence-corrected chi connectivity index (χ4v) is 2.90. The molecule has 0 aliphatic heterocycles. The molecule has 7 heteroatoms. The van der Waals surface area contributed by atoms with Crippen LogP contribution >= 0.6 is 0 Å². The molecule has 2 aromatic carbocycles. The van der Waals surface area contributed by atoms with Crippen molar-refractivity contribution >= 4 is 5.91 Å². The second kappa shape index (κ2) is 8.67. The first-order chi connectivity index (χ1) is 13.5. The van der Waals surface area contributed by atoms with Crippen LogP contribution in [-0.4, -0.2) is 36.5 Å². The molecule has 0 bridgehead atoms. The Morgan fingerprint density at radius 1 is 1.18 bits per heavy atom. The molecule has 0 fully saturated rings. The number of amides is 1. The van der Waals surface area contributed by atoms with Gasteiger partial charge in [0.05, 0.1) is 18.9 Å². The zero-order valence-electron chi connectivity index (χ0n) is 16.0. The van der Waals surface area contributed by atoms with Crippen molar-refractivity contribution in [3.8, 4) is 17.0 Å². The number of aryl methyl sites for hydroxylation is 1. The summed E-state index contributed by atoms with van der Waals surface area (Å²) in [5.74, 6) is 0.135. The number of hydrogen-bond acceptors (Lipinski definition) is 4. The van der Waals surface area contributed by atoms with E-state index in [2.05, 4.69) is 10.4 Å². The fourth-order valence-electron chi connectivity index (χ4n) is 2.90. The van der Waals surface area contributed by atoms with Crippen LogP contribution in [0.4, 0.5) is 4.39 Å². The molecule has 3 rings (SSSR count). The lowest BCUT2D eigenvalue weighted by atomic mass is 10.1. The average molecular weight is 383 g/mol. The van der Waals surface area contributed by atoms with Crippen LogP contribution in [0.3, 0.4) is 0 Å². The van der Waals surface area contributed by atoms with Gasteiger partial charge in [-0.05, 0) is 48.0 Å². The van der Waals surface area contributed by atoms with Crippen LogP contribution in [0.15, 0.2) is 54.6 Å². The van der Waals surface area contributed by atoms with Crippen molar-refractivity contribution in [1.29, 1.82) is 0 Å². The molecule has 0 spiro atoms. The molecule has 1 atom stereocenters. The van der Waals surface area contributed by atoms with Gasteiger partial charge in [-0.25, -0.2) is 4.39 Å². The maximum atomic E-state index is 13.1. The standard InChI is InChI=1S/C21H22FN3O3/c1-25-19(12-18(24-25)14-7-9-16(22)10-8-14)21(26)23-13-20(28-3)15-5-4-6-17(11-15)27-2/h4-12,20H,13H2,1-3H3,(H,23,26). The van der Waals surface area contributed by atoms with Crippen LogP contribution in [0.2, 0.25) is 0 Å². The quantitative estimate of drug-likeness (QED) is 0.680. The van der Waals surface area contributed by atoms with Gasteiger partial charge in [-0.15, -0.1) is 0 Å². The molecule has 1 aromatic heterocycles. The van der Waals surface area contributed by atoms with E-state index in [-0.39, 0.29) is 17.8 Å². The Bertz CT molecular complexity index is 954. The maximum absolute atomic E-state index is 13.1. The number of carbonyl (C=O) groups is 1. The predicted octanol–water partition coefficient (Wildman–Crippen LogP) is 3.35. The molecule has 6 nitrogen and oxygen atoms in total. The number of methoxy groups -OCH3 is 2. The van der Waals surface area contributed by atoms with Gasteiger partial charge in [0.25, 0.3) is 5.91 Å². The van der Waals surface area contributed by atoms with E-state index in [1.165, 1.54) is 16.8 Å². The minimum atomic E-state index is -0.319. The third-order valence-electron chi connectivity index (χ3n) is 4.45. The van der Waals surface area contributed by atoms with E-state index < -0.39 is 0 Å². The van der Waals surface area contributed by atoms with Gasteiger partial charge in [0.1, 0.15) is 17.3 Å². The summed E-state index contributed by atoms with van der Waals surface area (Å²) in [6.45, 7) is 0.291. The van der Waals surface area contributed by atoms with E-state index in [0.29, 0.717) is 17.9 Å². The van der Waals surface area contributed by atoms with Crippen LogP contribution in [0, 0.1) is 5.82 Å². The first-order valence-corrected chi connectivity index (χ1v) is 8.76. The highest BCUT2D eigenvalue weighted by molar-refractivity contribution is 5.93. The Balaban J connectivity index is 1.71. The topological polar surface area (TPSA) is 65.4 Å². The number of aromatic nitrogens is 2. The summed E-state index contributed by atoms with van der Waals surface area (Å²) < 4.78 is 25.3. The van der Waals surface area contributed by atoms with Crippen LogP contribution in [-0.2, 0) is 11.8 Å². The van der Waals surface area contributed by atoms with Gasteiger partial charge < -0.3 is 14.8 Å². The number of halogens is 1. The number of ether oxygens (including phenoxy) is 2. The third-order valence-corrected chi connectivity index (χ3v) is 4.45. The Morgan fingerprint density at radius 2 is 1.93 bits per heavy atom. The molecule has 3 aromatic rings. The largest absolute Gasteiger partial charge is 0.497 e. The van der Waals surface area contributed by atoms with Gasteiger partial charge in [0.15, 0.2) is 0 Å². The Labute approximate surface area is 162 Å². The third kappa shape index (κ3) is 4.37. The van der Waals surface area contributed by atoms with Gasteiger partial charge >= 0.3 is 0 Å². The zero-order valence-corrected chi connectivity index (χ0v) is 16.0. The Hall–Kier alpha value is -3.19. The van der Waals surface area contributed by atoms with Crippen molar-refractivity contribution in [3.63, 3.8) is 0 Å². The van der Waals surface area contributed by atoms with Crippen molar-refractivity contribution < 1.29 is 18.7 Å². The molecule has 0 saturated heterocycles. The number of benzene rings is 2. The minimum Gasteiger partial charge on any atom is -0.497 e. The van der Waals surface area contributed by atoms with E-state index in [1.54, 1.807) is 39.5 Å². The van der Waals surface area contributed by atoms with Crippen molar-refractivity contribution in [2.45, 2.75) is 6.10 Å². The Morgan fingerprint density at radius 3 is 2.61 bits per heavy atom. The van der Waals surface area contributed by atoms with E-state index in [9.17, 15) is 9.18 Å². The molecule has 28 heavy (non-hydrogen) atoms. The second-order valence-electron chi connectivity index (χ2n) is 6.26. The maximum Gasteiger partial charge on any atom is 0.269 e. The minimum absolute atomic E-state index is 0.270. The van der Waals surface area contributed by atoms with E-state index in [4.69, 9.17) is 9.47 Å². The molecule has 0 aliphatic carbocycles. The number of nitrogens with one attached hydrogen (secondary N) is 1. The molecule has 1 unspecified atom stereocenters. The van der Waals surface area contributed by atoms with Crippen LogP contribution < -0.4 is 10.1 Å². The molecular formula is C21H22FN3O3. The number of carbonyl (C=O) groups excluding carboxylic acids is 1. The second-order valence-corrected chi connectivity index (χ2v) is 6.26. The molecular weight excluding hydrogens is 361 g/mol. The van der Waals surface area contributed by atoms with Gasteiger partial charge in [0.2, 0.25) is 0 Å². The average Bonchev–Trinajstić information content (AvgIpc) is 3.10. The van der Waals surface area contributed by atoms with Crippen molar-refractivity contribution in [1.82, 2.24) is 15.1 Å². The molecule has 1 heterocycles. The number of hydrogen-bond donors (Lipinski definition) is 1. The molecule has 0 aliphatic rings. The summed E-state index contributed by atoms with van der Waals surface area (Å²) in [6, 6.07) is 15.2. The van der Waals surface area contributed by atoms with E-state index in [0.717, 1.165) is 16.9 Å². The molecule has 146 valence electrons. The SMILES string of the molecule is COc1cccc(C(CNC(=O)c2cc(-c3ccc(F)cc3)nn2C)OC)c1. The van der Waals surface area contributed by atoms with Crippen LogP contribution in [0.25, 0.3) is 11.3 Å². The van der Waals surface area contributed by atoms with Crippen molar-refractivity contribution in [2.24, 2.45) is 7.05 Å². The highest BCUT2D eigenvalue weighted by atomic mass is 19.1. The zero-order chi connectivity index (χ0) is 20.1. The summed E-state index contributed by atoms with van der Waals surface area (Å²) in [5, 5.41) is 7.22. The van der Waals surface area contributed by atoms with Gasteiger partial charge in [-0.1, -0.05) is 12.1 Å². The first-order valence-electron chi connectivity index (χ1n) is 8.76. The summed E-state index contributed by atoms with van der Waals surface area (Å²) in [7, 11) is 4.88.